The molecule has 0 aromatic heterocycles. The summed E-state index contributed by atoms with van der Waals surface area (Å²) in [6, 6.07) is 11.7. The van der Waals surface area contributed by atoms with Crippen LogP contribution in [0.5, 0.6) is 0 Å². The minimum absolute atomic E-state index is 0.0621. The molecule has 1 amide bonds. The maximum atomic E-state index is 13.3. The predicted octanol–water partition coefficient (Wildman–Crippen LogP) is 2.84. The average Bonchev–Trinajstić information content (AvgIpc) is 3.15. The van der Waals surface area contributed by atoms with E-state index in [1.165, 1.54) is 30.3 Å². The molecule has 4 rings (SSSR count). The second kappa shape index (κ2) is 5.70. The number of amides is 1. The van der Waals surface area contributed by atoms with Gasteiger partial charge in [0.15, 0.2) is 6.10 Å². The molecule has 2 aliphatic rings. The van der Waals surface area contributed by atoms with Crippen LogP contribution in [0.3, 0.4) is 0 Å². The van der Waals surface area contributed by atoms with Crippen molar-refractivity contribution in [3.63, 3.8) is 0 Å². The van der Waals surface area contributed by atoms with Gasteiger partial charge in [-0.1, -0.05) is 23.4 Å². The number of rotatable bonds is 2. The van der Waals surface area contributed by atoms with Crippen molar-refractivity contribution < 1.29 is 18.4 Å². The zero-order valence-corrected chi connectivity index (χ0v) is 12.7. The zero-order valence-electron chi connectivity index (χ0n) is 12.7. The Morgan fingerprint density at radius 3 is 2.62 bits per heavy atom. The van der Waals surface area contributed by atoms with Crippen LogP contribution in [0.25, 0.3) is 0 Å². The summed E-state index contributed by atoms with van der Waals surface area (Å²) in [7, 11) is 0. The molecule has 2 aliphatic heterocycles. The molecule has 0 N–H and O–H groups in total. The summed E-state index contributed by atoms with van der Waals surface area (Å²) < 4.78 is 26.4. The van der Waals surface area contributed by atoms with Crippen molar-refractivity contribution in [1.29, 1.82) is 0 Å². The van der Waals surface area contributed by atoms with Crippen molar-refractivity contribution in [2.75, 3.05) is 13.1 Å². The Labute approximate surface area is 137 Å². The van der Waals surface area contributed by atoms with Gasteiger partial charge in [0.1, 0.15) is 11.6 Å². The fraction of sp³-hybridized carbons (Fsp3) is 0.222. The molecule has 0 bridgehead atoms. The summed E-state index contributed by atoms with van der Waals surface area (Å²) in [6.07, 6.45) is -0.220. The maximum Gasteiger partial charge on any atom is 0.254 e. The Morgan fingerprint density at radius 1 is 1.08 bits per heavy atom. The van der Waals surface area contributed by atoms with Gasteiger partial charge in [-0.15, -0.1) is 0 Å². The van der Waals surface area contributed by atoms with Gasteiger partial charge in [0.25, 0.3) is 5.91 Å². The van der Waals surface area contributed by atoms with E-state index in [1.54, 1.807) is 23.1 Å². The lowest BCUT2D eigenvalue weighted by Gasteiger charge is -2.17. The average molecular weight is 328 g/mol. The third-order valence-corrected chi connectivity index (χ3v) is 4.40. The predicted molar refractivity (Wildman–Crippen MR) is 83.6 cm³/mol. The number of hydrogen-bond donors (Lipinski definition) is 0. The van der Waals surface area contributed by atoms with Crippen molar-refractivity contribution in [2.24, 2.45) is 11.1 Å². The molecule has 0 saturated carbocycles. The van der Waals surface area contributed by atoms with Crippen LogP contribution in [0, 0.1) is 17.6 Å². The van der Waals surface area contributed by atoms with Gasteiger partial charge in [0.05, 0.1) is 18.2 Å². The maximum absolute atomic E-state index is 13.3. The molecular weight excluding hydrogens is 314 g/mol. The smallest absolute Gasteiger partial charge is 0.254 e. The van der Waals surface area contributed by atoms with Gasteiger partial charge in [0, 0.05) is 17.7 Å². The highest BCUT2D eigenvalue weighted by Crippen LogP contribution is 2.31. The van der Waals surface area contributed by atoms with E-state index in [2.05, 4.69) is 5.16 Å². The number of nitrogens with zero attached hydrogens (tertiary/aromatic N) is 2. The number of hydrogen-bond acceptors (Lipinski definition) is 3. The van der Waals surface area contributed by atoms with Crippen molar-refractivity contribution >= 4 is 11.6 Å². The van der Waals surface area contributed by atoms with Crippen LogP contribution in [0.4, 0.5) is 8.78 Å². The van der Waals surface area contributed by atoms with Crippen molar-refractivity contribution in [1.82, 2.24) is 4.90 Å². The van der Waals surface area contributed by atoms with Gasteiger partial charge in [-0.25, -0.2) is 8.78 Å². The molecule has 2 aromatic rings. The van der Waals surface area contributed by atoms with E-state index in [0.717, 1.165) is 11.3 Å². The Bertz CT molecular complexity index is 820. The standard InChI is InChI=1S/C18H14F2N2O2/c19-13-6-4-11(5-7-13)17-15-9-22(10-16(15)24-21-17)18(23)12-2-1-3-14(20)8-12/h1-8,15-16H,9-10H2. The van der Waals surface area contributed by atoms with E-state index < -0.39 is 5.82 Å². The monoisotopic (exact) mass is 328 g/mol. The highest BCUT2D eigenvalue weighted by Gasteiger charge is 2.44. The molecule has 2 heterocycles. The first kappa shape index (κ1) is 14.8. The van der Waals surface area contributed by atoms with Crippen molar-refractivity contribution in [2.45, 2.75) is 6.10 Å². The van der Waals surface area contributed by atoms with Crippen LogP contribution in [0.15, 0.2) is 53.7 Å². The molecular formula is C18H14F2N2O2. The second-order valence-corrected chi connectivity index (χ2v) is 5.95. The molecule has 2 unspecified atom stereocenters. The highest BCUT2D eigenvalue weighted by molar-refractivity contribution is 6.04. The molecule has 1 fully saturated rings. The van der Waals surface area contributed by atoms with Crippen LogP contribution in [0.2, 0.25) is 0 Å². The molecule has 2 aromatic carbocycles. The van der Waals surface area contributed by atoms with Crippen LogP contribution in [-0.4, -0.2) is 35.7 Å². The molecule has 122 valence electrons. The largest absolute Gasteiger partial charge is 0.390 e. The van der Waals surface area contributed by atoms with E-state index in [0.29, 0.717) is 18.7 Å². The van der Waals surface area contributed by atoms with E-state index in [1.807, 2.05) is 0 Å². The SMILES string of the molecule is O=C(c1cccc(F)c1)N1CC2ON=C(c3ccc(F)cc3)C2C1. The Morgan fingerprint density at radius 2 is 1.88 bits per heavy atom. The first-order chi connectivity index (χ1) is 11.6. The highest BCUT2D eigenvalue weighted by atomic mass is 19.1. The summed E-state index contributed by atoms with van der Waals surface area (Å²) in [4.78, 5) is 19.6. The van der Waals surface area contributed by atoms with Gasteiger partial charge in [-0.05, 0) is 30.3 Å². The Kier molecular flexibility index (Phi) is 3.52. The molecule has 4 nitrogen and oxygen atoms in total. The van der Waals surface area contributed by atoms with Crippen LogP contribution >= 0.6 is 0 Å². The zero-order chi connectivity index (χ0) is 16.7. The molecule has 0 aliphatic carbocycles. The normalized spacial score (nSPS) is 22.1. The number of halogens is 2. The first-order valence-corrected chi connectivity index (χ1v) is 7.66. The topological polar surface area (TPSA) is 41.9 Å². The first-order valence-electron chi connectivity index (χ1n) is 7.66. The number of fused-ring (bicyclic) bond motifs is 1. The molecule has 6 heteroatoms. The summed E-state index contributed by atoms with van der Waals surface area (Å²) in [5.41, 5.74) is 1.81. The quantitative estimate of drug-likeness (QED) is 0.851. The minimum Gasteiger partial charge on any atom is -0.390 e. The van der Waals surface area contributed by atoms with E-state index in [9.17, 15) is 13.6 Å². The fourth-order valence-electron chi connectivity index (χ4n) is 3.19. The summed E-state index contributed by atoms with van der Waals surface area (Å²) >= 11 is 0. The van der Waals surface area contributed by atoms with Crippen molar-refractivity contribution in [3.8, 4) is 0 Å². The number of carbonyl (C=O) groups excluding carboxylic acids is 1. The Hall–Kier alpha value is -2.76. The van der Waals surface area contributed by atoms with Gasteiger partial charge in [0.2, 0.25) is 0 Å². The number of carbonyl (C=O) groups is 1. The lowest BCUT2D eigenvalue weighted by molar-refractivity contribution is 0.0631. The third kappa shape index (κ3) is 2.54. The lowest BCUT2D eigenvalue weighted by atomic mass is 9.95. The second-order valence-electron chi connectivity index (χ2n) is 5.95. The lowest BCUT2D eigenvalue weighted by Crippen LogP contribution is -2.30. The van der Waals surface area contributed by atoms with Gasteiger partial charge < -0.3 is 9.74 Å². The third-order valence-electron chi connectivity index (χ3n) is 4.40. The molecule has 24 heavy (non-hydrogen) atoms. The number of likely N-dealkylation sites (tertiary alicyclic amines) is 1. The van der Waals surface area contributed by atoms with Gasteiger partial charge in [-0.3, -0.25) is 4.79 Å². The van der Waals surface area contributed by atoms with Crippen LogP contribution < -0.4 is 0 Å². The van der Waals surface area contributed by atoms with Crippen LogP contribution in [-0.2, 0) is 4.84 Å². The molecule has 0 spiro atoms. The molecule has 1 saturated heterocycles. The number of oxime groups is 1. The number of benzene rings is 2. The summed E-state index contributed by atoms with van der Waals surface area (Å²) in [6.45, 7) is 0.838. The van der Waals surface area contributed by atoms with Gasteiger partial charge >= 0.3 is 0 Å². The fourth-order valence-corrected chi connectivity index (χ4v) is 3.19. The summed E-state index contributed by atoms with van der Waals surface area (Å²) in [5.74, 6) is -1.05. The Balaban J connectivity index is 1.53. The molecule has 0 radical (unpaired) electrons. The van der Waals surface area contributed by atoms with E-state index in [-0.39, 0.29) is 23.7 Å². The van der Waals surface area contributed by atoms with E-state index >= 15 is 0 Å². The van der Waals surface area contributed by atoms with Crippen LogP contribution in [0.1, 0.15) is 15.9 Å². The van der Waals surface area contributed by atoms with Gasteiger partial charge in [-0.2, -0.15) is 0 Å². The molecule has 2 atom stereocenters. The minimum atomic E-state index is -0.440. The summed E-state index contributed by atoms with van der Waals surface area (Å²) in [5, 5.41) is 4.10. The van der Waals surface area contributed by atoms with Crippen molar-refractivity contribution in [3.05, 3.63) is 71.3 Å². The van der Waals surface area contributed by atoms with E-state index in [4.69, 9.17) is 4.84 Å².